The summed E-state index contributed by atoms with van der Waals surface area (Å²) in [6.07, 6.45) is -0.497. The van der Waals surface area contributed by atoms with E-state index in [9.17, 15) is 13.6 Å². The Balaban J connectivity index is 1.58. The maximum Gasteiger partial charge on any atom is 0.409 e. The largest absolute Gasteiger partial charge is 0.449 e. The second-order valence-electron chi connectivity index (χ2n) is 9.00. The fraction of sp³-hybridized carbons (Fsp3) is 0.296. The summed E-state index contributed by atoms with van der Waals surface area (Å²) in [5, 5.41) is 1.31. The molecule has 1 aliphatic rings. The maximum absolute atomic E-state index is 14.0. The van der Waals surface area contributed by atoms with E-state index in [1.54, 1.807) is 14.1 Å². The lowest BCUT2D eigenvalue weighted by Gasteiger charge is -2.48. The first kappa shape index (κ1) is 25.4. The molecule has 4 nitrogen and oxygen atoms in total. The van der Waals surface area contributed by atoms with Gasteiger partial charge in [-0.25, -0.2) is 13.6 Å². The summed E-state index contributed by atoms with van der Waals surface area (Å²) in [6, 6.07) is 18.8. The number of likely N-dealkylation sites (tertiary alicyclic amines) is 1. The van der Waals surface area contributed by atoms with Crippen LogP contribution in [0, 0.1) is 17.6 Å². The first-order valence-electron chi connectivity index (χ1n) is 11.3. The predicted molar refractivity (Wildman–Crippen MR) is 134 cm³/mol. The van der Waals surface area contributed by atoms with Gasteiger partial charge in [-0.05, 0) is 59.0 Å². The molecule has 0 bridgehead atoms. The van der Waals surface area contributed by atoms with Crippen LogP contribution in [0.5, 0.6) is 0 Å². The van der Waals surface area contributed by atoms with Gasteiger partial charge in [-0.1, -0.05) is 47.5 Å². The highest BCUT2D eigenvalue weighted by Crippen LogP contribution is 2.40. The third-order valence-corrected chi connectivity index (χ3v) is 6.81. The molecule has 1 heterocycles. The number of hydrogen-bond acceptors (Lipinski definition) is 3. The van der Waals surface area contributed by atoms with Crippen LogP contribution in [0.4, 0.5) is 13.6 Å². The van der Waals surface area contributed by atoms with Crippen LogP contribution in [0.25, 0.3) is 0 Å². The first-order valence-corrected chi connectivity index (χ1v) is 12.0. The third kappa shape index (κ3) is 6.13. The average Bonchev–Trinajstić information content (AvgIpc) is 2.78. The molecule has 0 radical (unpaired) electrons. The summed E-state index contributed by atoms with van der Waals surface area (Å²) in [7, 11) is 3.18. The number of amides is 1. The van der Waals surface area contributed by atoms with Gasteiger partial charge < -0.3 is 9.64 Å². The van der Waals surface area contributed by atoms with Crippen LogP contribution < -0.4 is 0 Å². The Labute approximate surface area is 214 Å². The minimum absolute atomic E-state index is 0.0327. The van der Waals surface area contributed by atoms with Crippen molar-refractivity contribution < 1.29 is 18.3 Å². The summed E-state index contributed by atoms with van der Waals surface area (Å²) >= 11 is 12.2. The van der Waals surface area contributed by atoms with Crippen LogP contribution in [0.2, 0.25) is 10.0 Å². The SMILES string of the molecule is CN(C)C(=O)OCC(c1cc(F)cc(F)c1)C1CN(C(c2ccc(Cl)cc2)c2ccc(Cl)cc2)C1. The molecule has 1 fully saturated rings. The third-order valence-electron chi connectivity index (χ3n) is 6.31. The molecular formula is C27H26Cl2F2N2O2. The number of nitrogens with zero attached hydrogens (tertiary/aromatic N) is 2. The molecule has 35 heavy (non-hydrogen) atoms. The number of benzene rings is 3. The van der Waals surface area contributed by atoms with Crippen molar-refractivity contribution in [3.63, 3.8) is 0 Å². The molecule has 0 aromatic heterocycles. The molecule has 3 aromatic rings. The standard InChI is InChI=1S/C27H26Cl2F2N2O2/c1-32(2)27(34)35-16-25(19-11-23(30)13-24(31)12-19)20-14-33(15-20)26(17-3-7-21(28)8-4-17)18-5-9-22(29)10-6-18/h3-13,20,25-26H,14-16H2,1-2H3. The van der Waals surface area contributed by atoms with Gasteiger partial charge in [0.1, 0.15) is 18.2 Å². The van der Waals surface area contributed by atoms with E-state index in [4.69, 9.17) is 27.9 Å². The van der Waals surface area contributed by atoms with Crippen molar-refractivity contribution in [2.45, 2.75) is 12.0 Å². The summed E-state index contributed by atoms with van der Waals surface area (Å²) < 4.78 is 33.5. The summed E-state index contributed by atoms with van der Waals surface area (Å²) in [5.41, 5.74) is 2.62. The predicted octanol–water partition coefficient (Wildman–Crippen LogP) is 6.77. The lowest BCUT2D eigenvalue weighted by Crippen LogP contribution is -2.51. The van der Waals surface area contributed by atoms with E-state index in [0.717, 1.165) is 17.2 Å². The van der Waals surface area contributed by atoms with Crippen LogP contribution in [0.1, 0.15) is 28.7 Å². The zero-order valence-electron chi connectivity index (χ0n) is 19.4. The smallest absolute Gasteiger partial charge is 0.409 e. The van der Waals surface area contributed by atoms with Crippen molar-refractivity contribution in [2.24, 2.45) is 5.92 Å². The minimum Gasteiger partial charge on any atom is -0.449 e. The van der Waals surface area contributed by atoms with Gasteiger partial charge in [0.05, 0.1) is 6.04 Å². The number of rotatable bonds is 7. The topological polar surface area (TPSA) is 32.8 Å². The molecule has 1 aliphatic heterocycles. The van der Waals surface area contributed by atoms with Crippen molar-refractivity contribution in [1.29, 1.82) is 0 Å². The quantitative estimate of drug-likeness (QED) is 0.345. The van der Waals surface area contributed by atoms with Crippen molar-refractivity contribution >= 4 is 29.3 Å². The number of halogens is 4. The fourth-order valence-electron chi connectivity index (χ4n) is 4.50. The number of carbonyl (C=O) groups excluding carboxylic acids is 1. The zero-order chi connectivity index (χ0) is 25.1. The molecule has 0 saturated carbocycles. The minimum atomic E-state index is -0.652. The Kier molecular flexibility index (Phi) is 7.95. The van der Waals surface area contributed by atoms with Gasteiger partial charge in [-0.3, -0.25) is 4.90 Å². The normalized spacial score (nSPS) is 15.1. The molecule has 1 amide bonds. The molecule has 1 atom stereocenters. The fourth-order valence-corrected chi connectivity index (χ4v) is 4.75. The molecule has 0 aliphatic carbocycles. The van der Waals surface area contributed by atoms with E-state index >= 15 is 0 Å². The van der Waals surface area contributed by atoms with Crippen molar-refractivity contribution in [3.8, 4) is 0 Å². The van der Waals surface area contributed by atoms with E-state index in [0.29, 0.717) is 28.7 Å². The van der Waals surface area contributed by atoms with Gasteiger partial charge in [-0.15, -0.1) is 0 Å². The Morgan fingerprint density at radius 2 is 1.40 bits per heavy atom. The van der Waals surface area contributed by atoms with Crippen molar-refractivity contribution in [1.82, 2.24) is 9.80 Å². The van der Waals surface area contributed by atoms with Crippen LogP contribution in [-0.4, -0.2) is 49.7 Å². The van der Waals surface area contributed by atoms with Crippen LogP contribution in [0.3, 0.4) is 0 Å². The Hall–Kier alpha value is -2.67. The molecule has 184 valence electrons. The van der Waals surface area contributed by atoms with Gasteiger partial charge in [0.25, 0.3) is 0 Å². The summed E-state index contributed by atoms with van der Waals surface area (Å²) in [4.78, 5) is 15.7. The van der Waals surface area contributed by atoms with Crippen molar-refractivity contribution in [2.75, 3.05) is 33.8 Å². The second-order valence-corrected chi connectivity index (χ2v) is 9.87. The molecule has 3 aromatic carbocycles. The van der Waals surface area contributed by atoms with Crippen LogP contribution >= 0.6 is 23.2 Å². The van der Waals surface area contributed by atoms with E-state index < -0.39 is 17.7 Å². The van der Waals surface area contributed by atoms with Crippen LogP contribution in [0.15, 0.2) is 66.7 Å². The van der Waals surface area contributed by atoms with E-state index in [1.807, 2.05) is 48.5 Å². The zero-order valence-corrected chi connectivity index (χ0v) is 20.9. The molecule has 0 N–H and O–H groups in total. The van der Waals surface area contributed by atoms with Gasteiger partial charge >= 0.3 is 6.09 Å². The number of hydrogen-bond donors (Lipinski definition) is 0. The van der Waals surface area contributed by atoms with E-state index in [-0.39, 0.29) is 24.5 Å². The van der Waals surface area contributed by atoms with Gasteiger partial charge in [-0.2, -0.15) is 0 Å². The molecule has 8 heteroatoms. The number of carbonyl (C=O) groups is 1. The average molecular weight is 519 g/mol. The maximum atomic E-state index is 14.0. The Bertz CT molecular complexity index is 1100. The highest BCUT2D eigenvalue weighted by molar-refractivity contribution is 6.30. The van der Waals surface area contributed by atoms with Gasteiger partial charge in [0.2, 0.25) is 0 Å². The lowest BCUT2D eigenvalue weighted by atomic mass is 9.79. The lowest BCUT2D eigenvalue weighted by molar-refractivity contribution is 0.0283. The Morgan fingerprint density at radius 3 is 1.86 bits per heavy atom. The van der Waals surface area contributed by atoms with E-state index in [1.165, 1.54) is 17.0 Å². The molecule has 1 unspecified atom stereocenters. The monoisotopic (exact) mass is 518 g/mol. The molecular weight excluding hydrogens is 493 g/mol. The van der Waals surface area contributed by atoms with Gasteiger partial charge in [0.15, 0.2) is 0 Å². The molecule has 4 rings (SSSR count). The molecule has 1 saturated heterocycles. The molecule has 0 spiro atoms. The highest BCUT2D eigenvalue weighted by Gasteiger charge is 2.39. The summed E-state index contributed by atoms with van der Waals surface area (Å²) in [6.45, 7) is 1.33. The number of ether oxygens (including phenoxy) is 1. The van der Waals surface area contributed by atoms with E-state index in [2.05, 4.69) is 4.90 Å². The highest BCUT2D eigenvalue weighted by atomic mass is 35.5. The Morgan fingerprint density at radius 1 is 0.914 bits per heavy atom. The van der Waals surface area contributed by atoms with Crippen LogP contribution in [-0.2, 0) is 4.74 Å². The van der Waals surface area contributed by atoms with Crippen molar-refractivity contribution in [3.05, 3.63) is 105 Å². The summed E-state index contributed by atoms with van der Waals surface area (Å²) in [5.74, 6) is -1.62. The van der Waals surface area contributed by atoms with Gasteiger partial charge in [0, 0.05) is 49.2 Å². The first-order chi connectivity index (χ1) is 16.7. The second kappa shape index (κ2) is 10.9.